The lowest BCUT2D eigenvalue weighted by Gasteiger charge is -2.09. The summed E-state index contributed by atoms with van der Waals surface area (Å²) in [6.45, 7) is -0.666. The molecule has 26 heavy (non-hydrogen) atoms. The van der Waals surface area contributed by atoms with E-state index in [4.69, 9.17) is 15.2 Å². The highest BCUT2D eigenvalue weighted by Crippen LogP contribution is 2.25. The third-order valence-corrected chi connectivity index (χ3v) is 3.96. The van der Waals surface area contributed by atoms with Gasteiger partial charge in [-0.25, -0.2) is 4.79 Å². The lowest BCUT2D eigenvalue weighted by atomic mass is 10.2. The Balaban J connectivity index is 2.05. The van der Waals surface area contributed by atoms with Gasteiger partial charge in [0.05, 0.1) is 17.6 Å². The number of primary amides is 1. The number of anilines is 1. The molecular formula is C15H13N3O7S. The van der Waals surface area contributed by atoms with Crippen LogP contribution in [0.3, 0.4) is 0 Å². The number of methoxy groups -OCH3 is 1. The summed E-state index contributed by atoms with van der Waals surface area (Å²) in [7, 11) is 1.28. The Hall–Kier alpha value is -3.47. The number of thiophene rings is 1. The third-order valence-electron chi connectivity index (χ3n) is 3.13. The minimum absolute atomic E-state index is 0.0651. The predicted octanol–water partition coefficient (Wildman–Crippen LogP) is 1.56. The molecule has 10 nitrogen and oxygen atoms in total. The van der Waals surface area contributed by atoms with Crippen LogP contribution >= 0.6 is 11.3 Å². The van der Waals surface area contributed by atoms with Gasteiger partial charge in [-0.15, -0.1) is 11.3 Å². The smallest absolute Gasteiger partial charge is 0.342 e. The van der Waals surface area contributed by atoms with E-state index in [-0.39, 0.29) is 27.6 Å². The molecule has 136 valence electrons. The fourth-order valence-electron chi connectivity index (χ4n) is 1.94. The molecule has 0 atom stereocenters. The van der Waals surface area contributed by atoms with Crippen LogP contribution in [0.15, 0.2) is 29.6 Å². The second kappa shape index (κ2) is 8.07. The summed E-state index contributed by atoms with van der Waals surface area (Å²) in [5.74, 6) is -2.31. The first-order valence-corrected chi connectivity index (χ1v) is 7.88. The molecular weight excluding hydrogens is 366 g/mol. The molecule has 0 radical (unpaired) electrons. The minimum Gasteiger partial charge on any atom is -0.496 e. The number of amides is 2. The van der Waals surface area contributed by atoms with Crippen LogP contribution in [0.4, 0.5) is 10.7 Å². The summed E-state index contributed by atoms with van der Waals surface area (Å²) in [6.07, 6.45) is 0. The quantitative estimate of drug-likeness (QED) is 0.421. The number of carbonyl (C=O) groups excluding carboxylic acids is 3. The molecule has 3 N–H and O–H groups in total. The van der Waals surface area contributed by atoms with Crippen LogP contribution in [0.5, 0.6) is 5.75 Å². The number of ether oxygens (including phenoxy) is 2. The monoisotopic (exact) mass is 379 g/mol. The van der Waals surface area contributed by atoms with Crippen molar-refractivity contribution in [3.05, 3.63) is 50.9 Å². The normalized spacial score (nSPS) is 10.0. The van der Waals surface area contributed by atoms with Crippen molar-refractivity contribution < 1.29 is 28.8 Å². The van der Waals surface area contributed by atoms with Gasteiger partial charge in [0.1, 0.15) is 16.3 Å². The molecule has 2 rings (SSSR count). The number of rotatable bonds is 7. The minimum atomic E-state index is -0.970. The van der Waals surface area contributed by atoms with Gasteiger partial charge in [0.2, 0.25) is 0 Å². The number of nitrogens with one attached hydrogen (secondary N) is 1. The second-order valence-electron chi connectivity index (χ2n) is 4.79. The molecule has 0 saturated heterocycles. The molecule has 0 aliphatic heterocycles. The Morgan fingerprint density at radius 2 is 2.00 bits per heavy atom. The zero-order valence-corrected chi connectivity index (χ0v) is 14.2. The molecule has 2 amide bonds. The van der Waals surface area contributed by atoms with E-state index < -0.39 is 29.3 Å². The summed E-state index contributed by atoms with van der Waals surface area (Å²) >= 11 is 1.08. The first-order chi connectivity index (χ1) is 12.3. The van der Waals surface area contributed by atoms with Crippen molar-refractivity contribution in [2.75, 3.05) is 19.0 Å². The van der Waals surface area contributed by atoms with E-state index in [2.05, 4.69) is 5.32 Å². The Bertz CT molecular complexity index is 878. The molecule has 2 aromatic rings. The molecule has 0 unspecified atom stereocenters. The zero-order valence-electron chi connectivity index (χ0n) is 13.4. The number of nitro groups is 1. The number of hydrogen-bond acceptors (Lipinski definition) is 8. The van der Waals surface area contributed by atoms with Crippen molar-refractivity contribution in [3.8, 4) is 5.75 Å². The predicted molar refractivity (Wildman–Crippen MR) is 91.4 cm³/mol. The van der Waals surface area contributed by atoms with Gasteiger partial charge < -0.3 is 20.5 Å². The maximum atomic E-state index is 12.1. The first kappa shape index (κ1) is 18.9. The largest absolute Gasteiger partial charge is 0.496 e. The fourth-order valence-corrected chi connectivity index (χ4v) is 2.75. The molecule has 0 bridgehead atoms. The lowest BCUT2D eigenvalue weighted by molar-refractivity contribution is -0.384. The van der Waals surface area contributed by atoms with Gasteiger partial charge in [-0.2, -0.15) is 0 Å². The van der Waals surface area contributed by atoms with E-state index >= 15 is 0 Å². The SMILES string of the molecule is COc1ccc([N+](=O)[O-])cc1C(=O)OCC(=O)Nc1sccc1C(N)=O. The number of esters is 1. The number of nitro benzene ring substituents is 1. The van der Waals surface area contributed by atoms with E-state index in [0.717, 1.165) is 17.4 Å². The molecule has 11 heteroatoms. The van der Waals surface area contributed by atoms with Crippen LogP contribution in [0.1, 0.15) is 20.7 Å². The Labute approximate surface area is 150 Å². The van der Waals surface area contributed by atoms with Gasteiger partial charge in [-0.3, -0.25) is 19.7 Å². The number of nitrogens with two attached hydrogens (primary N) is 1. The van der Waals surface area contributed by atoms with E-state index in [1.54, 1.807) is 5.38 Å². The van der Waals surface area contributed by atoms with E-state index in [1.165, 1.54) is 25.3 Å². The van der Waals surface area contributed by atoms with Crippen LogP contribution in [0.25, 0.3) is 0 Å². The Kier molecular flexibility index (Phi) is 5.86. The van der Waals surface area contributed by atoms with Crippen LogP contribution in [-0.4, -0.2) is 36.4 Å². The third kappa shape index (κ3) is 4.33. The number of benzene rings is 1. The van der Waals surface area contributed by atoms with Gasteiger partial charge in [0, 0.05) is 12.1 Å². The van der Waals surface area contributed by atoms with E-state index in [0.29, 0.717) is 0 Å². The van der Waals surface area contributed by atoms with Crippen LogP contribution in [-0.2, 0) is 9.53 Å². The van der Waals surface area contributed by atoms with Gasteiger partial charge in [-0.05, 0) is 17.5 Å². The summed E-state index contributed by atoms with van der Waals surface area (Å²) in [4.78, 5) is 45.3. The van der Waals surface area contributed by atoms with Crippen molar-refractivity contribution >= 4 is 39.8 Å². The zero-order chi connectivity index (χ0) is 19.3. The van der Waals surface area contributed by atoms with E-state index in [1.807, 2.05) is 0 Å². The van der Waals surface area contributed by atoms with Crippen molar-refractivity contribution in [2.45, 2.75) is 0 Å². The number of carbonyl (C=O) groups is 3. The number of non-ortho nitro benzene ring substituents is 1. The maximum Gasteiger partial charge on any atom is 0.342 e. The molecule has 0 saturated carbocycles. The molecule has 1 aromatic heterocycles. The Morgan fingerprint density at radius 3 is 2.62 bits per heavy atom. The molecule has 0 spiro atoms. The van der Waals surface area contributed by atoms with Gasteiger partial charge >= 0.3 is 5.97 Å². The van der Waals surface area contributed by atoms with Crippen LogP contribution in [0.2, 0.25) is 0 Å². The second-order valence-corrected chi connectivity index (χ2v) is 5.71. The highest BCUT2D eigenvalue weighted by atomic mass is 32.1. The number of hydrogen-bond donors (Lipinski definition) is 2. The molecule has 1 heterocycles. The highest BCUT2D eigenvalue weighted by molar-refractivity contribution is 7.14. The molecule has 0 fully saturated rings. The summed E-state index contributed by atoms with van der Waals surface area (Å²) in [5.41, 5.74) is 4.78. The summed E-state index contributed by atoms with van der Waals surface area (Å²) < 4.78 is 9.81. The Morgan fingerprint density at radius 1 is 1.27 bits per heavy atom. The molecule has 0 aliphatic rings. The maximum absolute atomic E-state index is 12.1. The van der Waals surface area contributed by atoms with Crippen molar-refractivity contribution in [3.63, 3.8) is 0 Å². The molecule has 0 aliphatic carbocycles. The summed E-state index contributed by atoms with van der Waals surface area (Å²) in [6, 6.07) is 4.86. The van der Waals surface area contributed by atoms with Gasteiger partial charge in [-0.1, -0.05) is 0 Å². The van der Waals surface area contributed by atoms with Crippen LogP contribution < -0.4 is 15.8 Å². The average Bonchev–Trinajstić information content (AvgIpc) is 3.07. The summed E-state index contributed by atoms with van der Waals surface area (Å²) in [5, 5.41) is 15.0. The van der Waals surface area contributed by atoms with Crippen LogP contribution in [0, 0.1) is 10.1 Å². The van der Waals surface area contributed by atoms with Gasteiger partial charge in [0.25, 0.3) is 17.5 Å². The first-order valence-electron chi connectivity index (χ1n) is 7.00. The topological polar surface area (TPSA) is 151 Å². The van der Waals surface area contributed by atoms with Crippen molar-refractivity contribution in [2.24, 2.45) is 5.73 Å². The highest BCUT2D eigenvalue weighted by Gasteiger charge is 2.20. The fraction of sp³-hybridized carbons (Fsp3) is 0.133. The average molecular weight is 379 g/mol. The van der Waals surface area contributed by atoms with Crippen molar-refractivity contribution in [1.29, 1.82) is 0 Å². The van der Waals surface area contributed by atoms with E-state index in [9.17, 15) is 24.5 Å². The lowest BCUT2D eigenvalue weighted by Crippen LogP contribution is -2.22. The number of nitrogens with zero attached hydrogens (tertiary/aromatic N) is 1. The molecule has 1 aromatic carbocycles. The standard InChI is InChI=1S/C15H13N3O7S/c1-24-11-3-2-8(18(22)23)6-10(11)15(21)25-7-12(19)17-14-9(13(16)20)4-5-26-14/h2-6H,7H2,1H3,(H2,16,20)(H,17,19). The van der Waals surface area contributed by atoms with Crippen molar-refractivity contribution in [1.82, 2.24) is 0 Å². The van der Waals surface area contributed by atoms with Gasteiger partial charge in [0.15, 0.2) is 6.61 Å².